The fourth-order valence-corrected chi connectivity index (χ4v) is 3.01. The first-order valence-electron chi connectivity index (χ1n) is 10.0. The average Bonchev–Trinajstić information content (AvgIpc) is 3.24. The number of nitrogens with zero attached hydrogens (tertiary/aromatic N) is 2. The number of aromatic nitrogens is 2. The van der Waals surface area contributed by atoms with E-state index in [-0.39, 0.29) is 12.8 Å². The molecule has 0 spiro atoms. The van der Waals surface area contributed by atoms with Crippen LogP contribution in [0.2, 0.25) is 5.02 Å². The second-order valence-electron chi connectivity index (χ2n) is 7.30. The lowest BCUT2D eigenvalue weighted by atomic mass is 10.1. The molecule has 1 heterocycles. The summed E-state index contributed by atoms with van der Waals surface area (Å²) < 4.78 is 15.7. The number of methoxy groups -OCH3 is 1. The third-order valence-corrected chi connectivity index (χ3v) is 5.14. The van der Waals surface area contributed by atoms with Gasteiger partial charge in [0.1, 0.15) is 5.75 Å². The second kappa shape index (κ2) is 10.3. The monoisotopic (exact) mass is 457 g/mol. The highest BCUT2D eigenvalue weighted by Gasteiger charge is 2.20. The van der Waals surface area contributed by atoms with Crippen LogP contribution < -0.4 is 10.1 Å². The van der Waals surface area contributed by atoms with Crippen molar-refractivity contribution < 1.29 is 23.6 Å². The Morgan fingerprint density at radius 2 is 1.91 bits per heavy atom. The highest BCUT2D eigenvalue weighted by atomic mass is 35.5. The number of rotatable bonds is 8. The lowest BCUT2D eigenvalue weighted by molar-refractivity contribution is -0.153. The zero-order valence-electron chi connectivity index (χ0n) is 18.3. The van der Waals surface area contributed by atoms with Crippen LogP contribution in [0.3, 0.4) is 0 Å². The van der Waals surface area contributed by atoms with Gasteiger partial charge in [0.2, 0.25) is 11.7 Å². The van der Waals surface area contributed by atoms with E-state index in [1.807, 2.05) is 38.1 Å². The summed E-state index contributed by atoms with van der Waals surface area (Å²) >= 11 is 6.08. The fraction of sp³-hybridized carbons (Fsp3) is 0.304. The number of ether oxygens (including phenoxy) is 2. The number of carbonyl (C=O) groups excluding carboxylic acids is 2. The number of hydrogen-bond acceptors (Lipinski definition) is 7. The van der Waals surface area contributed by atoms with Gasteiger partial charge >= 0.3 is 5.97 Å². The fourth-order valence-electron chi connectivity index (χ4n) is 2.86. The number of carbonyl (C=O) groups is 2. The zero-order chi connectivity index (χ0) is 23.3. The van der Waals surface area contributed by atoms with E-state index < -0.39 is 18.0 Å². The van der Waals surface area contributed by atoms with Crippen LogP contribution in [-0.2, 0) is 20.7 Å². The third-order valence-electron chi connectivity index (χ3n) is 4.74. The molecule has 0 saturated heterocycles. The second-order valence-corrected chi connectivity index (χ2v) is 7.71. The molecule has 0 radical (unpaired) electrons. The number of aryl methyl sites for hydroxylation is 3. The molecule has 1 atom stereocenters. The van der Waals surface area contributed by atoms with Gasteiger partial charge in [0.05, 0.1) is 19.2 Å². The summed E-state index contributed by atoms with van der Waals surface area (Å²) in [7, 11) is 1.47. The Morgan fingerprint density at radius 3 is 2.59 bits per heavy atom. The first kappa shape index (κ1) is 23.3. The minimum Gasteiger partial charge on any atom is -0.495 e. The van der Waals surface area contributed by atoms with E-state index in [9.17, 15) is 9.59 Å². The van der Waals surface area contributed by atoms with Gasteiger partial charge in [-0.25, -0.2) is 0 Å². The molecule has 1 N–H and O–H groups in total. The van der Waals surface area contributed by atoms with Gasteiger partial charge in [0, 0.05) is 23.1 Å². The Kier molecular flexibility index (Phi) is 7.48. The Labute approximate surface area is 190 Å². The van der Waals surface area contributed by atoms with E-state index in [0.717, 1.165) is 16.7 Å². The molecule has 9 heteroatoms. The van der Waals surface area contributed by atoms with Crippen LogP contribution in [0.5, 0.6) is 5.75 Å². The molecule has 3 aromatic rings. The van der Waals surface area contributed by atoms with Crippen LogP contribution in [0.4, 0.5) is 5.69 Å². The number of hydrogen-bond donors (Lipinski definition) is 1. The van der Waals surface area contributed by atoms with Crippen LogP contribution in [0.25, 0.3) is 11.4 Å². The van der Waals surface area contributed by atoms with Crippen LogP contribution in [0, 0.1) is 13.8 Å². The average molecular weight is 458 g/mol. The van der Waals surface area contributed by atoms with E-state index in [2.05, 4.69) is 15.5 Å². The first-order chi connectivity index (χ1) is 15.3. The van der Waals surface area contributed by atoms with Crippen molar-refractivity contribution in [1.29, 1.82) is 0 Å². The summed E-state index contributed by atoms with van der Waals surface area (Å²) in [5.41, 5.74) is 3.17. The normalized spacial score (nSPS) is 11.7. The van der Waals surface area contributed by atoms with Gasteiger partial charge in [-0.05, 0) is 32.4 Å². The number of halogens is 1. The molecule has 1 amide bonds. The number of nitrogens with one attached hydrogen (secondary N) is 1. The minimum absolute atomic E-state index is 0.00345. The van der Waals surface area contributed by atoms with Crippen molar-refractivity contribution in [2.75, 3.05) is 12.4 Å². The first-order valence-corrected chi connectivity index (χ1v) is 10.4. The summed E-state index contributed by atoms with van der Waals surface area (Å²) in [5.74, 6) is 0.136. The van der Waals surface area contributed by atoms with E-state index in [1.165, 1.54) is 14.0 Å². The summed E-state index contributed by atoms with van der Waals surface area (Å²) in [6.45, 7) is 5.29. The molecular formula is C23H24ClN3O5. The number of anilines is 1. The van der Waals surface area contributed by atoms with Crippen molar-refractivity contribution in [3.8, 4) is 17.1 Å². The molecule has 0 aliphatic heterocycles. The SMILES string of the molecule is COc1cc(Cl)c(C)cc1NC(=O)C(C)OC(=O)CCc1nc(-c2ccc(C)cc2)no1. The topological polar surface area (TPSA) is 104 Å². The van der Waals surface area contributed by atoms with Crippen molar-refractivity contribution in [3.05, 3.63) is 58.4 Å². The minimum atomic E-state index is -1.01. The Bertz CT molecular complexity index is 1110. The summed E-state index contributed by atoms with van der Waals surface area (Å²) in [4.78, 5) is 28.9. The van der Waals surface area contributed by atoms with E-state index in [0.29, 0.717) is 28.2 Å². The lowest BCUT2D eigenvalue weighted by Crippen LogP contribution is -2.30. The highest BCUT2D eigenvalue weighted by Crippen LogP contribution is 2.31. The molecule has 32 heavy (non-hydrogen) atoms. The van der Waals surface area contributed by atoms with Crippen LogP contribution in [-0.4, -0.2) is 35.2 Å². The van der Waals surface area contributed by atoms with Gasteiger partial charge in [-0.2, -0.15) is 4.98 Å². The van der Waals surface area contributed by atoms with E-state index in [1.54, 1.807) is 12.1 Å². The van der Waals surface area contributed by atoms with Gasteiger partial charge in [-0.15, -0.1) is 0 Å². The smallest absolute Gasteiger partial charge is 0.307 e. The molecular weight excluding hydrogens is 434 g/mol. The van der Waals surface area contributed by atoms with Crippen molar-refractivity contribution >= 4 is 29.2 Å². The lowest BCUT2D eigenvalue weighted by Gasteiger charge is -2.16. The summed E-state index contributed by atoms with van der Waals surface area (Å²) in [5, 5.41) is 7.15. The maximum Gasteiger partial charge on any atom is 0.307 e. The van der Waals surface area contributed by atoms with Gasteiger partial charge in [0.15, 0.2) is 6.10 Å². The Hall–Kier alpha value is -3.39. The van der Waals surface area contributed by atoms with Crippen LogP contribution >= 0.6 is 11.6 Å². The standard InChI is InChI=1S/C23H24ClN3O5/c1-13-5-7-16(8-6-13)22-26-20(32-27-22)9-10-21(28)31-15(3)23(29)25-18-11-14(2)17(24)12-19(18)30-4/h5-8,11-12,15H,9-10H2,1-4H3,(H,25,29). The van der Waals surface area contributed by atoms with Crippen LogP contribution in [0.1, 0.15) is 30.4 Å². The molecule has 0 aliphatic carbocycles. The third kappa shape index (κ3) is 5.85. The van der Waals surface area contributed by atoms with Gasteiger partial charge in [-0.3, -0.25) is 9.59 Å². The maximum absolute atomic E-state index is 12.5. The zero-order valence-corrected chi connectivity index (χ0v) is 19.0. The van der Waals surface area contributed by atoms with E-state index in [4.69, 9.17) is 25.6 Å². The van der Waals surface area contributed by atoms with Crippen molar-refractivity contribution in [1.82, 2.24) is 10.1 Å². The summed E-state index contributed by atoms with van der Waals surface area (Å²) in [6, 6.07) is 11.0. The Morgan fingerprint density at radius 1 is 1.19 bits per heavy atom. The van der Waals surface area contributed by atoms with E-state index >= 15 is 0 Å². The molecule has 2 aromatic carbocycles. The molecule has 1 aromatic heterocycles. The Balaban J connectivity index is 1.52. The number of amides is 1. The molecule has 168 valence electrons. The largest absolute Gasteiger partial charge is 0.495 e. The van der Waals surface area contributed by atoms with Gasteiger partial charge < -0.3 is 19.3 Å². The van der Waals surface area contributed by atoms with Crippen molar-refractivity contribution in [2.45, 2.75) is 39.7 Å². The van der Waals surface area contributed by atoms with Crippen LogP contribution in [0.15, 0.2) is 40.9 Å². The molecule has 1 unspecified atom stereocenters. The van der Waals surface area contributed by atoms with Gasteiger partial charge in [-0.1, -0.05) is 46.6 Å². The predicted octanol–water partition coefficient (Wildman–Crippen LogP) is 4.52. The summed E-state index contributed by atoms with van der Waals surface area (Å²) in [6.07, 6.45) is -0.804. The molecule has 0 saturated carbocycles. The molecule has 0 bridgehead atoms. The maximum atomic E-state index is 12.5. The molecule has 3 rings (SSSR count). The molecule has 0 fully saturated rings. The quantitative estimate of drug-likeness (QED) is 0.496. The highest BCUT2D eigenvalue weighted by molar-refractivity contribution is 6.31. The van der Waals surface area contributed by atoms with Crippen molar-refractivity contribution in [3.63, 3.8) is 0 Å². The number of benzene rings is 2. The number of esters is 1. The van der Waals surface area contributed by atoms with Gasteiger partial charge in [0.25, 0.3) is 5.91 Å². The van der Waals surface area contributed by atoms with Crippen molar-refractivity contribution in [2.24, 2.45) is 0 Å². The molecule has 8 nitrogen and oxygen atoms in total. The predicted molar refractivity (Wildman–Crippen MR) is 120 cm³/mol. The molecule has 0 aliphatic rings.